The van der Waals surface area contributed by atoms with Gasteiger partial charge in [0.2, 0.25) is 0 Å². The summed E-state index contributed by atoms with van der Waals surface area (Å²) in [6.45, 7) is 2.34. The third-order valence-corrected chi connectivity index (χ3v) is 5.40. The number of nitrogens with zero attached hydrogens (tertiary/aromatic N) is 4. The summed E-state index contributed by atoms with van der Waals surface area (Å²) in [5.74, 6) is 1.03. The van der Waals surface area contributed by atoms with E-state index in [0.29, 0.717) is 13.1 Å². The molecule has 4 rings (SSSR count). The summed E-state index contributed by atoms with van der Waals surface area (Å²) in [5, 5.41) is 5.22. The molecule has 0 saturated carbocycles. The molecular formula is C17H21F3N6O. The second-order valence-electron chi connectivity index (χ2n) is 7.06. The number of urea groups is 1. The lowest BCUT2D eigenvalue weighted by Crippen LogP contribution is -2.42. The van der Waals surface area contributed by atoms with Crippen molar-refractivity contribution in [2.24, 2.45) is 5.92 Å². The second kappa shape index (κ2) is 6.58. The topological polar surface area (TPSA) is 74.6 Å². The molecule has 2 atom stereocenters. The van der Waals surface area contributed by atoms with Crippen molar-refractivity contribution in [2.75, 3.05) is 31.5 Å². The predicted molar refractivity (Wildman–Crippen MR) is 92.7 cm³/mol. The fourth-order valence-electron chi connectivity index (χ4n) is 4.08. The molecule has 10 heteroatoms. The Bertz CT molecular complexity index is 864. The maximum absolute atomic E-state index is 12.4. The number of anilines is 1. The number of carbonyl (C=O) groups excluding carboxylic acids is 1. The van der Waals surface area contributed by atoms with Crippen molar-refractivity contribution in [2.45, 2.75) is 31.9 Å². The van der Waals surface area contributed by atoms with Crippen LogP contribution in [-0.4, -0.2) is 57.7 Å². The Morgan fingerprint density at radius 1 is 1.33 bits per heavy atom. The lowest BCUT2D eigenvalue weighted by Gasteiger charge is -2.18. The van der Waals surface area contributed by atoms with Crippen LogP contribution in [0.2, 0.25) is 0 Å². The van der Waals surface area contributed by atoms with Gasteiger partial charge in [0.25, 0.3) is 0 Å². The lowest BCUT2D eigenvalue weighted by molar-refractivity contribution is -0.123. The first-order valence-electron chi connectivity index (χ1n) is 9.06. The maximum Gasteiger partial charge on any atom is 0.405 e. The van der Waals surface area contributed by atoms with Crippen molar-refractivity contribution in [3.63, 3.8) is 0 Å². The summed E-state index contributed by atoms with van der Waals surface area (Å²) in [7, 11) is 0. The molecule has 2 aromatic heterocycles. The van der Waals surface area contributed by atoms with Gasteiger partial charge in [-0.05, 0) is 5.92 Å². The van der Waals surface area contributed by atoms with E-state index in [1.807, 2.05) is 12.2 Å². The lowest BCUT2D eigenvalue weighted by atomic mass is 9.91. The van der Waals surface area contributed by atoms with Crippen molar-refractivity contribution >= 4 is 17.5 Å². The Morgan fingerprint density at radius 3 is 2.89 bits per heavy atom. The maximum atomic E-state index is 12.4. The second-order valence-corrected chi connectivity index (χ2v) is 7.06. The van der Waals surface area contributed by atoms with Crippen molar-refractivity contribution in [3.05, 3.63) is 23.8 Å². The Kier molecular flexibility index (Phi) is 4.35. The highest BCUT2D eigenvalue weighted by Crippen LogP contribution is 2.36. The molecule has 1 fully saturated rings. The molecule has 2 aromatic rings. The molecule has 2 N–H and O–H groups in total. The molecule has 2 aliphatic heterocycles. The standard InChI is InChI=1S/C17H21F3N6O/c1-2-10-7-25(16(27)24-9-17(18,19)20)8-11(10)13-5-22-14-6-23-15-12(26(13)14)3-4-21-15/h5-6,10-11,21H,2-4,7-9H2,1H3,(H,24,27)/t10?,11-/m0/s1. The average molecular weight is 382 g/mol. The number of likely N-dealkylation sites (tertiary alicyclic amines) is 1. The molecule has 2 aliphatic rings. The van der Waals surface area contributed by atoms with Crippen LogP contribution in [0.15, 0.2) is 12.4 Å². The molecular weight excluding hydrogens is 361 g/mol. The van der Waals surface area contributed by atoms with Crippen molar-refractivity contribution < 1.29 is 18.0 Å². The number of amides is 2. The van der Waals surface area contributed by atoms with Gasteiger partial charge in [0.15, 0.2) is 5.65 Å². The largest absolute Gasteiger partial charge is 0.405 e. The fourth-order valence-corrected chi connectivity index (χ4v) is 4.08. The molecule has 0 aliphatic carbocycles. The van der Waals surface area contributed by atoms with Gasteiger partial charge in [0.05, 0.1) is 11.9 Å². The first-order chi connectivity index (χ1) is 12.9. The van der Waals surface area contributed by atoms with E-state index < -0.39 is 18.8 Å². The zero-order chi connectivity index (χ0) is 19.2. The molecule has 0 bridgehead atoms. The number of nitrogens with one attached hydrogen (secondary N) is 2. The quantitative estimate of drug-likeness (QED) is 0.855. The van der Waals surface area contributed by atoms with Gasteiger partial charge in [0.1, 0.15) is 12.4 Å². The van der Waals surface area contributed by atoms with Crippen LogP contribution in [0, 0.1) is 5.92 Å². The minimum atomic E-state index is -4.42. The Morgan fingerprint density at radius 2 is 2.15 bits per heavy atom. The number of alkyl halides is 3. The average Bonchev–Trinajstić information content (AvgIpc) is 3.33. The number of halogens is 3. The minimum absolute atomic E-state index is 0.0220. The van der Waals surface area contributed by atoms with Crippen LogP contribution in [0.4, 0.5) is 23.8 Å². The zero-order valence-corrected chi connectivity index (χ0v) is 14.9. The molecule has 1 unspecified atom stereocenters. The van der Waals surface area contributed by atoms with E-state index in [0.717, 1.165) is 42.2 Å². The van der Waals surface area contributed by atoms with Gasteiger partial charge in [-0.3, -0.25) is 4.40 Å². The Hall–Kier alpha value is -2.52. The van der Waals surface area contributed by atoms with Gasteiger partial charge < -0.3 is 15.5 Å². The van der Waals surface area contributed by atoms with Crippen LogP contribution in [0.5, 0.6) is 0 Å². The molecule has 4 heterocycles. The summed E-state index contributed by atoms with van der Waals surface area (Å²) < 4.78 is 39.3. The van der Waals surface area contributed by atoms with Crippen molar-refractivity contribution in [1.82, 2.24) is 24.6 Å². The summed E-state index contributed by atoms with van der Waals surface area (Å²) in [5.41, 5.74) is 2.81. The number of rotatable bonds is 3. The summed E-state index contributed by atoms with van der Waals surface area (Å²) >= 11 is 0. The first kappa shape index (κ1) is 17.9. The minimum Gasteiger partial charge on any atom is -0.368 e. The van der Waals surface area contributed by atoms with E-state index in [-0.39, 0.29) is 11.8 Å². The monoisotopic (exact) mass is 382 g/mol. The number of carbonyl (C=O) groups is 1. The summed E-state index contributed by atoms with van der Waals surface area (Å²) in [6, 6.07) is -0.671. The van der Waals surface area contributed by atoms with Crippen LogP contribution in [0.25, 0.3) is 5.65 Å². The smallest absolute Gasteiger partial charge is 0.368 e. The van der Waals surface area contributed by atoms with Gasteiger partial charge in [-0.1, -0.05) is 13.3 Å². The predicted octanol–water partition coefficient (Wildman–Crippen LogP) is 2.39. The zero-order valence-electron chi connectivity index (χ0n) is 14.9. The van der Waals surface area contributed by atoms with Crippen LogP contribution >= 0.6 is 0 Å². The Balaban J connectivity index is 1.60. The molecule has 0 aromatic carbocycles. The number of hydrogen-bond donors (Lipinski definition) is 2. The molecule has 27 heavy (non-hydrogen) atoms. The molecule has 7 nitrogen and oxygen atoms in total. The van der Waals surface area contributed by atoms with Gasteiger partial charge >= 0.3 is 12.2 Å². The van der Waals surface area contributed by atoms with E-state index in [2.05, 4.69) is 19.7 Å². The molecule has 0 spiro atoms. The summed E-state index contributed by atoms with van der Waals surface area (Å²) in [4.78, 5) is 22.5. The van der Waals surface area contributed by atoms with Crippen LogP contribution in [0.1, 0.15) is 30.7 Å². The van der Waals surface area contributed by atoms with Crippen molar-refractivity contribution in [3.8, 4) is 0 Å². The number of hydrogen-bond acceptors (Lipinski definition) is 4. The van der Waals surface area contributed by atoms with E-state index >= 15 is 0 Å². The van der Waals surface area contributed by atoms with Gasteiger partial charge in [-0.15, -0.1) is 0 Å². The third kappa shape index (κ3) is 3.28. The van der Waals surface area contributed by atoms with Crippen LogP contribution in [-0.2, 0) is 6.42 Å². The van der Waals surface area contributed by atoms with E-state index in [9.17, 15) is 18.0 Å². The van der Waals surface area contributed by atoms with E-state index in [1.165, 1.54) is 4.90 Å². The van der Waals surface area contributed by atoms with E-state index in [1.54, 1.807) is 12.4 Å². The number of fused-ring (bicyclic) bond motifs is 3. The van der Waals surface area contributed by atoms with Gasteiger partial charge in [-0.25, -0.2) is 14.8 Å². The fraction of sp³-hybridized carbons (Fsp3) is 0.588. The highest BCUT2D eigenvalue weighted by Gasteiger charge is 2.38. The highest BCUT2D eigenvalue weighted by molar-refractivity contribution is 5.74. The molecule has 0 radical (unpaired) electrons. The van der Waals surface area contributed by atoms with Crippen LogP contribution in [0.3, 0.4) is 0 Å². The SMILES string of the molecule is CCC1CN(C(=O)NCC(F)(F)F)C[C@@H]1c1cnc2cnc3c(n12)CCN3. The summed E-state index contributed by atoms with van der Waals surface area (Å²) in [6.07, 6.45) is 0.764. The third-order valence-electron chi connectivity index (χ3n) is 5.40. The highest BCUT2D eigenvalue weighted by atomic mass is 19.4. The number of aromatic nitrogens is 3. The van der Waals surface area contributed by atoms with Crippen molar-refractivity contribution in [1.29, 1.82) is 0 Å². The Labute approximate surface area is 154 Å². The molecule has 2 amide bonds. The number of imidazole rings is 1. The van der Waals surface area contributed by atoms with Gasteiger partial charge in [0, 0.05) is 43.9 Å². The van der Waals surface area contributed by atoms with Crippen LogP contribution < -0.4 is 10.6 Å². The van der Waals surface area contributed by atoms with E-state index in [4.69, 9.17) is 0 Å². The van der Waals surface area contributed by atoms with Gasteiger partial charge in [-0.2, -0.15) is 13.2 Å². The first-order valence-corrected chi connectivity index (χ1v) is 9.06. The normalized spacial score (nSPS) is 22.1. The molecule has 1 saturated heterocycles. The molecule has 146 valence electrons.